The van der Waals surface area contributed by atoms with Gasteiger partial charge in [-0.1, -0.05) is 43.9 Å². The van der Waals surface area contributed by atoms with Gasteiger partial charge in [0.15, 0.2) is 5.69 Å². The predicted molar refractivity (Wildman–Crippen MR) is 103 cm³/mol. The Bertz CT molecular complexity index is 896. The molecule has 1 aliphatic rings. The van der Waals surface area contributed by atoms with Gasteiger partial charge in [-0.3, -0.25) is 25.2 Å². The second kappa shape index (κ2) is 8.33. The van der Waals surface area contributed by atoms with Crippen LogP contribution < -0.4 is 16.4 Å². The first-order valence-electron chi connectivity index (χ1n) is 9.61. The molecule has 1 aromatic heterocycles. The molecule has 2 amide bonds. The molecule has 27 heavy (non-hydrogen) atoms. The van der Waals surface area contributed by atoms with Crippen molar-refractivity contribution in [3.8, 4) is 0 Å². The Labute approximate surface area is 158 Å². The molecule has 144 valence electrons. The van der Waals surface area contributed by atoms with E-state index in [1.54, 1.807) is 24.3 Å². The minimum Gasteiger partial charge on any atom is -0.273 e. The third-order valence-electron chi connectivity index (χ3n) is 5.06. The maximum atomic E-state index is 12.7. The molecule has 2 aromatic rings. The zero-order valence-corrected chi connectivity index (χ0v) is 15.8. The summed E-state index contributed by atoms with van der Waals surface area (Å²) in [4.78, 5) is 37.6. The average Bonchev–Trinajstić information content (AvgIpc) is 2.95. The number of nitrogens with one attached hydrogen (secondary N) is 2. The molecule has 7 heteroatoms. The maximum absolute atomic E-state index is 12.7. The van der Waals surface area contributed by atoms with E-state index in [9.17, 15) is 14.4 Å². The van der Waals surface area contributed by atoms with Crippen LogP contribution in [0.1, 0.15) is 68.9 Å². The van der Waals surface area contributed by atoms with Crippen LogP contribution in [0.3, 0.4) is 0 Å². The Hall–Kier alpha value is -2.70. The molecule has 7 nitrogen and oxygen atoms in total. The zero-order chi connectivity index (χ0) is 19.4. The topological polar surface area (TPSA) is 93.1 Å². The summed E-state index contributed by atoms with van der Waals surface area (Å²) >= 11 is 0. The number of amides is 2. The molecule has 1 heterocycles. The van der Waals surface area contributed by atoms with Gasteiger partial charge in [0.05, 0.1) is 11.4 Å². The van der Waals surface area contributed by atoms with Crippen LogP contribution in [-0.2, 0) is 4.79 Å². The Morgan fingerprint density at radius 2 is 1.67 bits per heavy atom. The summed E-state index contributed by atoms with van der Waals surface area (Å²) in [6.45, 7) is 3.66. The Kier molecular flexibility index (Phi) is 5.88. The first kappa shape index (κ1) is 19.1. The third-order valence-corrected chi connectivity index (χ3v) is 5.06. The van der Waals surface area contributed by atoms with Gasteiger partial charge in [-0.25, -0.2) is 4.68 Å². The van der Waals surface area contributed by atoms with E-state index >= 15 is 0 Å². The van der Waals surface area contributed by atoms with E-state index in [1.165, 1.54) is 4.68 Å². The van der Waals surface area contributed by atoms with Crippen molar-refractivity contribution in [1.29, 1.82) is 0 Å². The van der Waals surface area contributed by atoms with Gasteiger partial charge >= 0.3 is 0 Å². The molecule has 2 N–H and O–H groups in total. The van der Waals surface area contributed by atoms with E-state index in [1.807, 2.05) is 13.8 Å². The molecule has 1 aromatic carbocycles. The van der Waals surface area contributed by atoms with Crippen molar-refractivity contribution in [1.82, 2.24) is 20.6 Å². The zero-order valence-electron chi connectivity index (χ0n) is 15.8. The summed E-state index contributed by atoms with van der Waals surface area (Å²) in [7, 11) is 0. The molecule has 3 rings (SSSR count). The van der Waals surface area contributed by atoms with E-state index in [-0.39, 0.29) is 29.1 Å². The van der Waals surface area contributed by atoms with Crippen LogP contribution in [-0.4, -0.2) is 21.6 Å². The van der Waals surface area contributed by atoms with Crippen LogP contribution in [0.2, 0.25) is 0 Å². The molecular weight excluding hydrogens is 344 g/mol. The SMILES string of the molecule is CC(C)n1nc(C(=O)NNC(=O)C2CCCCCC2)c2ccccc2c1=O. The van der Waals surface area contributed by atoms with Gasteiger partial charge in [-0.2, -0.15) is 5.10 Å². The van der Waals surface area contributed by atoms with Crippen molar-refractivity contribution in [2.75, 3.05) is 0 Å². The maximum Gasteiger partial charge on any atom is 0.290 e. The van der Waals surface area contributed by atoms with Gasteiger partial charge in [-0.15, -0.1) is 0 Å². The summed E-state index contributed by atoms with van der Waals surface area (Å²) in [5.41, 5.74) is 4.91. The Morgan fingerprint density at radius 3 is 2.30 bits per heavy atom. The number of hydrogen-bond donors (Lipinski definition) is 2. The van der Waals surface area contributed by atoms with Crippen molar-refractivity contribution < 1.29 is 9.59 Å². The number of nitrogens with zero attached hydrogens (tertiary/aromatic N) is 2. The van der Waals surface area contributed by atoms with Crippen molar-refractivity contribution in [2.45, 2.75) is 58.4 Å². The fraction of sp³-hybridized carbons (Fsp3) is 0.500. The van der Waals surface area contributed by atoms with Crippen molar-refractivity contribution in [2.24, 2.45) is 5.92 Å². The molecule has 0 bridgehead atoms. The molecule has 0 saturated heterocycles. The van der Waals surface area contributed by atoms with Gasteiger partial charge in [0.1, 0.15) is 0 Å². The lowest BCUT2D eigenvalue weighted by molar-refractivity contribution is -0.126. The number of rotatable bonds is 3. The molecule has 0 unspecified atom stereocenters. The quantitative estimate of drug-likeness (QED) is 0.642. The minimum atomic E-state index is -0.525. The Balaban J connectivity index is 1.82. The lowest BCUT2D eigenvalue weighted by Gasteiger charge is -2.16. The molecule has 0 spiro atoms. The van der Waals surface area contributed by atoms with Crippen LogP contribution >= 0.6 is 0 Å². The highest BCUT2D eigenvalue weighted by molar-refractivity contribution is 6.05. The second-order valence-corrected chi connectivity index (χ2v) is 7.37. The highest BCUT2D eigenvalue weighted by atomic mass is 16.2. The van der Waals surface area contributed by atoms with Gasteiger partial charge in [0, 0.05) is 11.3 Å². The van der Waals surface area contributed by atoms with E-state index in [0.29, 0.717) is 10.8 Å². The van der Waals surface area contributed by atoms with Crippen LogP contribution in [0.25, 0.3) is 10.8 Å². The van der Waals surface area contributed by atoms with Crippen LogP contribution in [0.4, 0.5) is 0 Å². The normalized spacial score (nSPS) is 15.5. The first-order chi connectivity index (χ1) is 13.0. The fourth-order valence-electron chi connectivity index (χ4n) is 3.55. The second-order valence-electron chi connectivity index (χ2n) is 7.37. The number of hydrazine groups is 1. The molecule has 1 saturated carbocycles. The summed E-state index contributed by atoms with van der Waals surface area (Å²) in [6, 6.07) is 6.69. The molecular formula is C20H26N4O3. The lowest BCUT2D eigenvalue weighted by Crippen LogP contribution is -2.45. The Morgan fingerprint density at radius 1 is 1.04 bits per heavy atom. The van der Waals surface area contributed by atoms with Crippen LogP contribution in [0.15, 0.2) is 29.1 Å². The summed E-state index contributed by atoms with van der Waals surface area (Å²) in [5.74, 6) is -0.753. The number of benzene rings is 1. The predicted octanol–water partition coefficient (Wildman–Crippen LogP) is 2.71. The van der Waals surface area contributed by atoms with Gasteiger partial charge < -0.3 is 0 Å². The van der Waals surface area contributed by atoms with Gasteiger partial charge in [0.25, 0.3) is 11.5 Å². The molecule has 0 radical (unpaired) electrons. The van der Waals surface area contributed by atoms with E-state index in [0.717, 1.165) is 38.5 Å². The van der Waals surface area contributed by atoms with E-state index < -0.39 is 5.91 Å². The minimum absolute atomic E-state index is 0.0675. The highest BCUT2D eigenvalue weighted by Crippen LogP contribution is 2.22. The van der Waals surface area contributed by atoms with Crippen LogP contribution in [0, 0.1) is 5.92 Å². The number of carbonyl (C=O) groups is 2. The summed E-state index contributed by atoms with van der Waals surface area (Å²) < 4.78 is 1.30. The third kappa shape index (κ3) is 4.18. The highest BCUT2D eigenvalue weighted by Gasteiger charge is 2.22. The van der Waals surface area contributed by atoms with Crippen molar-refractivity contribution in [3.63, 3.8) is 0 Å². The number of fused-ring (bicyclic) bond motifs is 1. The number of aromatic nitrogens is 2. The van der Waals surface area contributed by atoms with Gasteiger partial charge in [0.2, 0.25) is 5.91 Å². The lowest BCUT2D eigenvalue weighted by atomic mass is 10.00. The van der Waals surface area contributed by atoms with Gasteiger partial charge in [-0.05, 0) is 32.8 Å². The summed E-state index contributed by atoms with van der Waals surface area (Å²) in [6.07, 6.45) is 6.09. The molecule has 1 fully saturated rings. The number of hydrogen-bond acceptors (Lipinski definition) is 4. The van der Waals surface area contributed by atoms with Crippen molar-refractivity contribution >= 4 is 22.6 Å². The van der Waals surface area contributed by atoms with Crippen molar-refractivity contribution in [3.05, 3.63) is 40.3 Å². The monoisotopic (exact) mass is 370 g/mol. The molecule has 0 atom stereocenters. The average molecular weight is 370 g/mol. The van der Waals surface area contributed by atoms with E-state index in [2.05, 4.69) is 16.0 Å². The standard InChI is InChI=1S/C20H26N4O3/c1-13(2)24-20(27)16-12-8-7-11-15(16)17(23-24)19(26)22-21-18(25)14-9-5-3-4-6-10-14/h7-8,11-14H,3-6,9-10H2,1-2H3,(H,21,25)(H,22,26). The number of carbonyl (C=O) groups excluding carboxylic acids is 2. The summed E-state index contributed by atoms with van der Waals surface area (Å²) in [5, 5.41) is 5.15. The largest absolute Gasteiger partial charge is 0.290 e. The van der Waals surface area contributed by atoms with Crippen LogP contribution in [0.5, 0.6) is 0 Å². The first-order valence-corrected chi connectivity index (χ1v) is 9.61. The van der Waals surface area contributed by atoms with E-state index in [4.69, 9.17) is 0 Å². The fourth-order valence-corrected chi connectivity index (χ4v) is 3.55. The smallest absolute Gasteiger partial charge is 0.273 e. The molecule has 0 aliphatic heterocycles. The molecule has 1 aliphatic carbocycles.